The van der Waals surface area contributed by atoms with Gasteiger partial charge in [0.2, 0.25) is 5.91 Å². The zero-order valence-corrected chi connectivity index (χ0v) is 18.0. The van der Waals surface area contributed by atoms with Crippen LogP contribution >= 0.6 is 0 Å². The number of hydrogen-bond acceptors (Lipinski definition) is 5. The molecule has 2 aromatic heterocycles. The maximum atomic E-state index is 12.8. The Kier molecular flexibility index (Phi) is 7.07. The third-order valence-corrected chi connectivity index (χ3v) is 6.44. The number of hydrogen-bond donors (Lipinski definition) is 1. The summed E-state index contributed by atoms with van der Waals surface area (Å²) >= 11 is 0. The van der Waals surface area contributed by atoms with Crippen LogP contribution in [0.15, 0.2) is 42.9 Å². The summed E-state index contributed by atoms with van der Waals surface area (Å²) in [6.07, 6.45) is 10.1. The van der Waals surface area contributed by atoms with Crippen LogP contribution in [-0.2, 0) is 17.9 Å². The molecule has 0 aromatic carbocycles. The quantitative estimate of drug-likeness (QED) is 0.798. The Morgan fingerprint density at radius 3 is 2.80 bits per heavy atom. The van der Waals surface area contributed by atoms with Gasteiger partial charge in [0.25, 0.3) is 0 Å². The minimum absolute atomic E-state index is 0.0944. The van der Waals surface area contributed by atoms with Crippen LogP contribution in [0.4, 0.5) is 0 Å². The summed E-state index contributed by atoms with van der Waals surface area (Å²) < 4.78 is 0. The first-order valence-corrected chi connectivity index (χ1v) is 11.2. The molecular formula is C24H33N5O. The molecule has 0 radical (unpaired) electrons. The summed E-state index contributed by atoms with van der Waals surface area (Å²) in [6, 6.07) is 8.78. The van der Waals surface area contributed by atoms with E-state index < -0.39 is 0 Å². The second kappa shape index (κ2) is 10.1. The molecule has 1 N–H and O–H groups in total. The molecule has 0 unspecified atom stereocenters. The zero-order chi connectivity index (χ0) is 20.8. The normalized spacial score (nSPS) is 21.4. The van der Waals surface area contributed by atoms with Crippen molar-refractivity contribution in [2.75, 3.05) is 26.2 Å². The van der Waals surface area contributed by atoms with E-state index in [1.807, 2.05) is 37.5 Å². The molecule has 1 atom stereocenters. The van der Waals surface area contributed by atoms with Crippen molar-refractivity contribution in [1.29, 1.82) is 0 Å². The zero-order valence-electron chi connectivity index (χ0n) is 18.0. The molecule has 0 aliphatic carbocycles. The minimum Gasteiger partial charge on any atom is -0.350 e. The van der Waals surface area contributed by atoms with E-state index >= 15 is 0 Å². The number of amides is 1. The van der Waals surface area contributed by atoms with E-state index in [0.29, 0.717) is 12.6 Å². The number of carbonyl (C=O) groups is 1. The molecule has 2 saturated heterocycles. The Morgan fingerprint density at radius 1 is 1.17 bits per heavy atom. The Morgan fingerprint density at radius 2 is 2.03 bits per heavy atom. The van der Waals surface area contributed by atoms with Gasteiger partial charge in [-0.3, -0.25) is 24.6 Å². The van der Waals surface area contributed by atoms with Crippen molar-refractivity contribution in [2.24, 2.45) is 5.92 Å². The summed E-state index contributed by atoms with van der Waals surface area (Å²) in [7, 11) is 0. The van der Waals surface area contributed by atoms with Crippen molar-refractivity contribution >= 4 is 5.91 Å². The Balaban J connectivity index is 1.23. The molecule has 30 heavy (non-hydrogen) atoms. The van der Waals surface area contributed by atoms with Gasteiger partial charge in [-0.15, -0.1) is 0 Å². The van der Waals surface area contributed by atoms with Gasteiger partial charge in [-0.05, 0) is 81.6 Å². The number of aryl methyl sites for hydroxylation is 1. The van der Waals surface area contributed by atoms with Crippen molar-refractivity contribution in [1.82, 2.24) is 25.1 Å². The number of pyridine rings is 2. The van der Waals surface area contributed by atoms with Crippen molar-refractivity contribution in [2.45, 2.75) is 51.7 Å². The van der Waals surface area contributed by atoms with Gasteiger partial charge in [0.05, 0.1) is 18.2 Å². The molecule has 2 aliphatic heterocycles. The second-order valence-corrected chi connectivity index (χ2v) is 8.75. The highest BCUT2D eigenvalue weighted by Crippen LogP contribution is 2.24. The minimum atomic E-state index is 0.0944. The van der Waals surface area contributed by atoms with Gasteiger partial charge in [0, 0.05) is 37.7 Å². The predicted octanol–water partition coefficient (Wildman–Crippen LogP) is 2.78. The molecular weight excluding hydrogens is 374 g/mol. The molecule has 2 aromatic rings. The Labute approximate surface area is 179 Å². The predicted molar refractivity (Wildman–Crippen MR) is 118 cm³/mol. The van der Waals surface area contributed by atoms with Gasteiger partial charge < -0.3 is 5.32 Å². The van der Waals surface area contributed by atoms with Crippen molar-refractivity contribution in [3.05, 3.63) is 59.7 Å². The molecule has 0 bridgehead atoms. The Bertz CT molecular complexity index is 819. The van der Waals surface area contributed by atoms with Crippen molar-refractivity contribution in [3.8, 4) is 0 Å². The standard InChI is InChI=1S/C24H33N5O/c1-19-6-10-26-22(14-19)16-27-24(30)21-5-3-11-29(18-21)23-7-12-28(13-8-23)17-20-4-2-9-25-15-20/h2,4,6,9-10,14-15,21,23H,3,5,7-8,11-13,16-18H2,1H3,(H,27,30)/t21-/m0/s1. The molecule has 0 saturated carbocycles. The maximum Gasteiger partial charge on any atom is 0.224 e. The van der Waals surface area contributed by atoms with E-state index in [4.69, 9.17) is 0 Å². The van der Waals surface area contributed by atoms with Gasteiger partial charge in [0.15, 0.2) is 0 Å². The number of aromatic nitrogens is 2. The molecule has 4 heterocycles. The number of carbonyl (C=O) groups excluding carboxylic acids is 1. The topological polar surface area (TPSA) is 61.4 Å². The number of rotatable bonds is 6. The van der Waals surface area contributed by atoms with Gasteiger partial charge in [-0.1, -0.05) is 6.07 Å². The summed E-state index contributed by atoms with van der Waals surface area (Å²) in [6.45, 7) is 7.80. The molecule has 2 fully saturated rings. The maximum absolute atomic E-state index is 12.8. The third-order valence-electron chi connectivity index (χ3n) is 6.44. The van der Waals surface area contributed by atoms with Gasteiger partial charge in [0.1, 0.15) is 0 Å². The first-order valence-electron chi connectivity index (χ1n) is 11.2. The van der Waals surface area contributed by atoms with E-state index in [1.165, 1.54) is 24.0 Å². The largest absolute Gasteiger partial charge is 0.350 e. The SMILES string of the molecule is Cc1ccnc(CNC(=O)[C@H]2CCCN(C3CCN(Cc4cccnc4)CC3)C2)c1. The molecule has 160 valence electrons. The molecule has 6 heteroatoms. The second-order valence-electron chi connectivity index (χ2n) is 8.75. The van der Waals surface area contributed by atoms with Crippen LogP contribution in [0.5, 0.6) is 0 Å². The van der Waals surface area contributed by atoms with Crippen LogP contribution in [0.1, 0.15) is 42.5 Å². The van der Waals surface area contributed by atoms with Crippen LogP contribution in [0.25, 0.3) is 0 Å². The highest BCUT2D eigenvalue weighted by Gasteiger charge is 2.31. The first kappa shape index (κ1) is 20.9. The number of nitrogens with zero attached hydrogens (tertiary/aromatic N) is 4. The monoisotopic (exact) mass is 407 g/mol. The lowest BCUT2D eigenvalue weighted by molar-refractivity contribution is -0.127. The highest BCUT2D eigenvalue weighted by molar-refractivity contribution is 5.78. The fourth-order valence-corrected chi connectivity index (χ4v) is 4.76. The molecule has 1 amide bonds. The fourth-order valence-electron chi connectivity index (χ4n) is 4.76. The van der Waals surface area contributed by atoms with E-state index in [-0.39, 0.29) is 11.8 Å². The van der Waals surface area contributed by atoms with E-state index in [9.17, 15) is 4.79 Å². The van der Waals surface area contributed by atoms with Crippen molar-refractivity contribution < 1.29 is 4.79 Å². The van der Waals surface area contributed by atoms with Crippen molar-refractivity contribution in [3.63, 3.8) is 0 Å². The van der Waals surface area contributed by atoms with E-state index in [1.54, 1.807) is 6.20 Å². The summed E-state index contributed by atoms with van der Waals surface area (Å²) in [5, 5.41) is 3.11. The molecule has 2 aliphatic rings. The van der Waals surface area contributed by atoms with Crippen LogP contribution in [-0.4, -0.2) is 57.9 Å². The van der Waals surface area contributed by atoms with Crippen LogP contribution in [0, 0.1) is 12.8 Å². The van der Waals surface area contributed by atoms with Crippen LogP contribution in [0.3, 0.4) is 0 Å². The molecule has 0 spiro atoms. The lowest BCUT2D eigenvalue weighted by atomic mass is 9.93. The molecule has 4 rings (SSSR count). The first-order chi connectivity index (χ1) is 14.7. The fraction of sp³-hybridized carbons (Fsp3) is 0.542. The lowest BCUT2D eigenvalue weighted by Crippen LogP contribution is -2.50. The number of likely N-dealkylation sites (tertiary alicyclic amines) is 2. The van der Waals surface area contributed by atoms with Crippen LogP contribution in [0.2, 0.25) is 0 Å². The summed E-state index contributed by atoms with van der Waals surface area (Å²) in [4.78, 5) is 26.4. The number of nitrogens with one attached hydrogen (secondary N) is 1. The smallest absolute Gasteiger partial charge is 0.224 e. The highest BCUT2D eigenvalue weighted by atomic mass is 16.1. The van der Waals surface area contributed by atoms with E-state index in [2.05, 4.69) is 31.2 Å². The number of piperidine rings is 2. The third kappa shape index (κ3) is 5.64. The average molecular weight is 408 g/mol. The Hall–Kier alpha value is -2.31. The van der Waals surface area contributed by atoms with Gasteiger partial charge in [-0.25, -0.2) is 0 Å². The van der Waals surface area contributed by atoms with Crippen LogP contribution < -0.4 is 5.32 Å². The summed E-state index contributed by atoms with van der Waals surface area (Å²) in [5.74, 6) is 0.272. The van der Waals surface area contributed by atoms with Gasteiger partial charge in [-0.2, -0.15) is 0 Å². The van der Waals surface area contributed by atoms with E-state index in [0.717, 1.165) is 51.3 Å². The van der Waals surface area contributed by atoms with Gasteiger partial charge >= 0.3 is 0 Å². The summed E-state index contributed by atoms with van der Waals surface area (Å²) in [5.41, 5.74) is 3.39. The average Bonchev–Trinajstić information content (AvgIpc) is 2.79. The lowest BCUT2D eigenvalue weighted by Gasteiger charge is -2.42. The molecule has 6 nitrogen and oxygen atoms in total.